The highest BCUT2D eigenvalue weighted by Crippen LogP contribution is 2.21. The second-order valence-corrected chi connectivity index (χ2v) is 5.93. The number of unbranched alkanes of at least 4 members (excludes halogenated alkanes) is 1. The van der Waals surface area contributed by atoms with Crippen molar-refractivity contribution in [1.29, 1.82) is 0 Å². The molecule has 1 fully saturated rings. The van der Waals surface area contributed by atoms with Crippen LogP contribution < -0.4 is 4.90 Å². The van der Waals surface area contributed by atoms with Gasteiger partial charge in [0.25, 0.3) is 5.91 Å². The summed E-state index contributed by atoms with van der Waals surface area (Å²) in [6, 6.07) is 7.46. The fraction of sp³-hybridized carbons (Fsp3) is 0.556. The molecule has 5 heteroatoms. The minimum absolute atomic E-state index is 0.0298. The van der Waals surface area contributed by atoms with Gasteiger partial charge in [0.15, 0.2) is 0 Å². The normalized spacial score (nSPS) is 15.4. The van der Waals surface area contributed by atoms with Crippen molar-refractivity contribution in [2.24, 2.45) is 0 Å². The summed E-state index contributed by atoms with van der Waals surface area (Å²) in [6.45, 7) is 7.98. The molecule has 0 N–H and O–H groups in total. The van der Waals surface area contributed by atoms with Gasteiger partial charge in [-0.2, -0.15) is 0 Å². The lowest BCUT2D eigenvalue weighted by Gasteiger charge is -2.29. The number of hydrogen-bond donors (Lipinski definition) is 0. The number of rotatable bonds is 7. The summed E-state index contributed by atoms with van der Waals surface area (Å²) in [7, 11) is 0. The van der Waals surface area contributed by atoms with Gasteiger partial charge < -0.3 is 9.64 Å². The van der Waals surface area contributed by atoms with Crippen LogP contribution in [-0.4, -0.2) is 42.6 Å². The number of nitrogens with zero attached hydrogens (tertiary/aromatic N) is 2. The standard InChI is InChI=1S/C18H26N2O3/c1-4-6-10-19(14(3)5-2)17(21)15-8-7-9-16(13-15)20-11-12-23-18(20)22/h7-9,13-14H,4-6,10-12H2,1-3H3. The van der Waals surface area contributed by atoms with Gasteiger partial charge in [0.05, 0.1) is 6.54 Å². The molecule has 1 unspecified atom stereocenters. The molecule has 23 heavy (non-hydrogen) atoms. The minimum atomic E-state index is -0.348. The highest BCUT2D eigenvalue weighted by molar-refractivity contribution is 5.97. The molecule has 0 spiro atoms. The van der Waals surface area contributed by atoms with E-state index >= 15 is 0 Å². The fourth-order valence-electron chi connectivity index (χ4n) is 2.67. The molecule has 2 rings (SSSR count). The third-order valence-electron chi connectivity index (χ3n) is 4.30. The lowest BCUT2D eigenvalue weighted by atomic mass is 10.1. The van der Waals surface area contributed by atoms with Crippen molar-refractivity contribution in [3.8, 4) is 0 Å². The summed E-state index contributed by atoms with van der Waals surface area (Å²) >= 11 is 0. The lowest BCUT2D eigenvalue weighted by Crippen LogP contribution is -2.39. The Kier molecular flexibility index (Phi) is 6.02. The molecule has 0 bridgehead atoms. The Bertz CT molecular complexity index is 559. The van der Waals surface area contributed by atoms with Gasteiger partial charge in [-0.25, -0.2) is 4.79 Å². The van der Waals surface area contributed by atoms with Crippen LogP contribution in [0.4, 0.5) is 10.5 Å². The molecule has 0 saturated carbocycles. The average molecular weight is 318 g/mol. The quantitative estimate of drug-likeness (QED) is 0.770. The van der Waals surface area contributed by atoms with Gasteiger partial charge >= 0.3 is 6.09 Å². The predicted molar refractivity (Wildman–Crippen MR) is 90.8 cm³/mol. The van der Waals surface area contributed by atoms with Gasteiger partial charge in [-0.1, -0.05) is 26.3 Å². The summed E-state index contributed by atoms with van der Waals surface area (Å²) in [5.74, 6) is 0.0298. The van der Waals surface area contributed by atoms with Gasteiger partial charge in [-0.3, -0.25) is 9.69 Å². The Morgan fingerprint density at radius 3 is 2.78 bits per heavy atom. The summed E-state index contributed by atoms with van der Waals surface area (Å²) in [5, 5.41) is 0. The number of anilines is 1. The van der Waals surface area contributed by atoms with Crippen LogP contribution in [-0.2, 0) is 4.74 Å². The van der Waals surface area contributed by atoms with Crippen molar-refractivity contribution in [3.63, 3.8) is 0 Å². The van der Waals surface area contributed by atoms with E-state index in [2.05, 4.69) is 20.8 Å². The average Bonchev–Trinajstić information content (AvgIpc) is 3.00. The zero-order valence-corrected chi connectivity index (χ0v) is 14.2. The maximum absolute atomic E-state index is 12.9. The van der Waals surface area contributed by atoms with E-state index in [4.69, 9.17) is 4.74 Å². The zero-order chi connectivity index (χ0) is 16.8. The molecular weight excluding hydrogens is 292 g/mol. The third-order valence-corrected chi connectivity index (χ3v) is 4.30. The van der Waals surface area contributed by atoms with Crippen LogP contribution in [0.1, 0.15) is 50.4 Å². The smallest absolute Gasteiger partial charge is 0.414 e. The molecule has 0 radical (unpaired) electrons. The first-order valence-corrected chi connectivity index (χ1v) is 8.43. The Hall–Kier alpha value is -2.04. The van der Waals surface area contributed by atoms with E-state index in [1.165, 1.54) is 0 Å². The molecule has 5 nitrogen and oxygen atoms in total. The van der Waals surface area contributed by atoms with E-state index in [1.54, 1.807) is 11.0 Å². The van der Waals surface area contributed by atoms with Crippen LogP contribution in [0.2, 0.25) is 0 Å². The summed E-state index contributed by atoms with van der Waals surface area (Å²) in [4.78, 5) is 28.1. The second kappa shape index (κ2) is 7.99. The lowest BCUT2D eigenvalue weighted by molar-refractivity contribution is 0.0685. The Morgan fingerprint density at radius 2 is 2.17 bits per heavy atom. The monoisotopic (exact) mass is 318 g/mol. The molecule has 1 aromatic carbocycles. The molecular formula is C18H26N2O3. The fourth-order valence-corrected chi connectivity index (χ4v) is 2.67. The minimum Gasteiger partial charge on any atom is -0.447 e. The molecule has 1 aliphatic rings. The van der Waals surface area contributed by atoms with Gasteiger partial charge in [0.1, 0.15) is 6.61 Å². The van der Waals surface area contributed by atoms with Gasteiger partial charge in [-0.05, 0) is 38.0 Å². The Balaban J connectivity index is 2.21. The molecule has 0 aromatic heterocycles. The predicted octanol–water partition coefficient (Wildman–Crippen LogP) is 3.68. The van der Waals surface area contributed by atoms with Crippen LogP contribution in [0.15, 0.2) is 24.3 Å². The molecule has 1 aliphatic heterocycles. The number of carbonyl (C=O) groups is 2. The van der Waals surface area contributed by atoms with Gasteiger partial charge in [0, 0.05) is 23.8 Å². The number of hydrogen-bond acceptors (Lipinski definition) is 3. The van der Waals surface area contributed by atoms with Crippen molar-refractivity contribution in [2.75, 3.05) is 24.6 Å². The van der Waals surface area contributed by atoms with Crippen LogP contribution in [0.3, 0.4) is 0 Å². The molecule has 1 aromatic rings. The van der Waals surface area contributed by atoms with E-state index in [1.807, 2.05) is 23.1 Å². The highest BCUT2D eigenvalue weighted by atomic mass is 16.6. The molecule has 126 valence electrons. The summed E-state index contributed by atoms with van der Waals surface area (Å²) in [5.41, 5.74) is 1.34. The summed E-state index contributed by atoms with van der Waals surface area (Å²) < 4.78 is 4.97. The first-order valence-electron chi connectivity index (χ1n) is 8.43. The number of cyclic esters (lactones) is 1. The van der Waals surface area contributed by atoms with Crippen LogP contribution in [0.25, 0.3) is 0 Å². The van der Waals surface area contributed by atoms with Crippen molar-refractivity contribution in [3.05, 3.63) is 29.8 Å². The maximum Gasteiger partial charge on any atom is 0.414 e. The largest absolute Gasteiger partial charge is 0.447 e. The topological polar surface area (TPSA) is 49.9 Å². The molecule has 1 atom stereocenters. The van der Waals surface area contributed by atoms with Crippen LogP contribution in [0, 0.1) is 0 Å². The second-order valence-electron chi connectivity index (χ2n) is 5.93. The maximum atomic E-state index is 12.9. The van der Waals surface area contributed by atoms with E-state index in [0.717, 1.165) is 31.5 Å². The van der Waals surface area contributed by atoms with Crippen LogP contribution >= 0.6 is 0 Å². The first-order chi connectivity index (χ1) is 11.1. The highest BCUT2D eigenvalue weighted by Gasteiger charge is 2.25. The van der Waals surface area contributed by atoms with Crippen LogP contribution in [0.5, 0.6) is 0 Å². The van der Waals surface area contributed by atoms with Crippen molar-refractivity contribution >= 4 is 17.7 Å². The van der Waals surface area contributed by atoms with Crippen molar-refractivity contribution in [1.82, 2.24) is 4.90 Å². The molecule has 1 heterocycles. The van der Waals surface area contributed by atoms with Gasteiger partial charge in [0.2, 0.25) is 0 Å². The number of ether oxygens (including phenoxy) is 1. The SMILES string of the molecule is CCCCN(C(=O)c1cccc(N2CCOC2=O)c1)C(C)CC. The van der Waals surface area contributed by atoms with E-state index < -0.39 is 0 Å². The summed E-state index contributed by atoms with van der Waals surface area (Å²) in [6.07, 6.45) is 2.63. The van der Waals surface area contributed by atoms with E-state index in [0.29, 0.717) is 18.7 Å². The number of carbonyl (C=O) groups excluding carboxylic acids is 2. The molecule has 2 amide bonds. The van der Waals surface area contributed by atoms with Gasteiger partial charge in [-0.15, -0.1) is 0 Å². The Morgan fingerprint density at radius 1 is 1.39 bits per heavy atom. The van der Waals surface area contributed by atoms with E-state index in [9.17, 15) is 9.59 Å². The Labute approximate surface area is 138 Å². The first kappa shape index (κ1) is 17.3. The van der Waals surface area contributed by atoms with Crippen molar-refractivity contribution < 1.29 is 14.3 Å². The third kappa shape index (κ3) is 4.03. The number of amides is 2. The number of benzene rings is 1. The van der Waals surface area contributed by atoms with Crippen molar-refractivity contribution in [2.45, 2.75) is 46.1 Å². The molecule has 1 saturated heterocycles. The zero-order valence-electron chi connectivity index (χ0n) is 14.2. The van der Waals surface area contributed by atoms with E-state index in [-0.39, 0.29) is 18.0 Å². The molecule has 0 aliphatic carbocycles.